The molecule has 0 saturated heterocycles. The number of hydrogen-bond donors (Lipinski definition) is 1. The summed E-state index contributed by atoms with van der Waals surface area (Å²) in [6, 6.07) is 0. The van der Waals surface area contributed by atoms with E-state index in [1.807, 2.05) is 0 Å². The summed E-state index contributed by atoms with van der Waals surface area (Å²) in [5.41, 5.74) is 1.97. The van der Waals surface area contributed by atoms with Gasteiger partial charge < -0.3 is 10.1 Å². The van der Waals surface area contributed by atoms with Gasteiger partial charge in [-0.1, -0.05) is 32.4 Å². The number of allylic oxidation sites excluding steroid dienone is 1. The highest BCUT2D eigenvalue weighted by Gasteiger charge is 2.09. The number of ether oxygens (including phenoxy) is 1. The van der Waals surface area contributed by atoms with Crippen LogP contribution < -0.4 is 5.32 Å². The second kappa shape index (κ2) is 8.77. The number of hydrogen-bond acceptors (Lipinski definition) is 2. The minimum atomic E-state index is 0.450. The molecule has 0 spiro atoms. The number of nitrogens with one attached hydrogen (secondary N) is 1. The Morgan fingerprint density at radius 1 is 1.25 bits per heavy atom. The number of rotatable bonds is 8. The molecular weight excluding hydrogens is 198 g/mol. The molecule has 0 atom stereocenters. The van der Waals surface area contributed by atoms with Crippen LogP contribution in [0.1, 0.15) is 47.0 Å². The molecule has 0 aliphatic heterocycles. The maximum atomic E-state index is 4.97. The van der Waals surface area contributed by atoms with Crippen LogP contribution in [0, 0.1) is 5.41 Å². The van der Waals surface area contributed by atoms with Crippen LogP contribution in [0.3, 0.4) is 0 Å². The van der Waals surface area contributed by atoms with Gasteiger partial charge in [-0.25, -0.2) is 0 Å². The monoisotopic (exact) mass is 227 g/mol. The molecule has 0 bridgehead atoms. The molecule has 0 aromatic heterocycles. The van der Waals surface area contributed by atoms with Crippen LogP contribution in [0.5, 0.6) is 0 Å². The van der Waals surface area contributed by atoms with Gasteiger partial charge in [0.1, 0.15) is 0 Å². The van der Waals surface area contributed by atoms with E-state index >= 15 is 0 Å². The van der Waals surface area contributed by atoms with Gasteiger partial charge in [-0.05, 0) is 38.1 Å². The summed E-state index contributed by atoms with van der Waals surface area (Å²) in [5.74, 6) is 0. The first kappa shape index (κ1) is 15.7. The Morgan fingerprint density at radius 2 is 1.94 bits per heavy atom. The average Bonchev–Trinajstić information content (AvgIpc) is 2.19. The Kier molecular flexibility index (Phi) is 8.58. The molecule has 16 heavy (non-hydrogen) atoms. The lowest BCUT2D eigenvalue weighted by Crippen LogP contribution is -2.19. The van der Waals surface area contributed by atoms with Crippen molar-refractivity contribution >= 4 is 0 Å². The van der Waals surface area contributed by atoms with Gasteiger partial charge in [-0.3, -0.25) is 0 Å². The highest BCUT2D eigenvalue weighted by Crippen LogP contribution is 2.23. The second-order valence-electron chi connectivity index (χ2n) is 5.64. The fraction of sp³-hybridized carbons (Fsp3) is 0.857. The van der Waals surface area contributed by atoms with Crippen molar-refractivity contribution in [1.29, 1.82) is 0 Å². The van der Waals surface area contributed by atoms with Crippen LogP contribution in [0.2, 0.25) is 0 Å². The predicted octanol–water partition coefficient (Wildman–Crippen LogP) is 3.39. The fourth-order valence-electron chi connectivity index (χ4n) is 1.39. The van der Waals surface area contributed by atoms with Crippen LogP contribution in [0.25, 0.3) is 0 Å². The van der Waals surface area contributed by atoms with E-state index in [0.29, 0.717) is 5.41 Å². The van der Waals surface area contributed by atoms with Gasteiger partial charge >= 0.3 is 0 Å². The zero-order valence-electron chi connectivity index (χ0n) is 11.7. The highest BCUT2D eigenvalue weighted by atomic mass is 16.5. The molecule has 2 heteroatoms. The van der Waals surface area contributed by atoms with E-state index in [0.717, 1.165) is 26.1 Å². The van der Waals surface area contributed by atoms with E-state index in [1.54, 1.807) is 7.11 Å². The molecule has 0 heterocycles. The van der Waals surface area contributed by atoms with Gasteiger partial charge in [0.05, 0.1) is 6.61 Å². The predicted molar refractivity (Wildman–Crippen MR) is 71.8 cm³/mol. The van der Waals surface area contributed by atoms with E-state index in [-0.39, 0.29) is 0 Å². The zero-order chi connectivity index (χ0) is 12.4. The molecule has 0 aromatic carbocycles. The highest BCUT2D eigenvalue weighted by molar-refractivity contribution is 4.98. The molecule has 0 aliphatic carbocycles. The Bertz CT molecular complexity index is 191. The maximum Gasteiger partial charge on any atom is 0.0587 e. The van der Waals surface area contributed by atoms with Crippen molar-refractivity contribution in [2.24, 2.45) is 5.41 Å². The van der Waals surface area contributed by atoms with Gasteiger partial charge in [0.15, 0.2) is 0 Å². The Balaban J connectivity index is 3.48. The third kappa shape index (κ3) is 11.7. The minimum absolute atomic E-state index is 0.450. The van der Waals surface area contributed by atoms with Crippen molar-refractivity contribution in [3.8, 4) is 0 Å². The lowest BCUT2D eigenvalue weighted by atomic mass is 9.89. The van der Waals surface area contributed by atoms with E-state index in [4.69, 9.17) is 4.74 Å². The first-order chi connectivity index (χ1) is 7.45. The molecule has 0 rings (SSSR count). The third-order valence-electron chi connectivity index (χ3n) is 2.57. The average molecular weight is 227 g/mol. The zero-order valence-corrected chi connectivity index (χ0v) is 11.7. The molecular formula is C14H29NO. The molecule has 96 valence electrons. The van der Waals surface area contributed by atoms with Gasteiger partial charge in [0, 0.05) is 13.7 Å². The SMILES string of the molecule is COCCNCCC=C(C)CCC(C)(C)C. The van der Waals surface area contributed by atoms with Gasteiger partial charge in [-0.15, -0.1) is 0 Å². The molecule has 0 radical (unpaired) electrons. The smallest absolute Gasteiger partial charge is 0.0587 e. The molecule has 0 aliphatic rings. The van der Waals surface area contributed by atoms with E-state index in [9.17, 15) is 0 Å². The lowest BCUT2D eigenvalue weighted by Gasteiger charge is -2.17. The lowest BCUT2D eigenvalue weighted by molar-refractivity contribution is 0.199. The molecule has 2 nitrogen and oxygen atoms in total. The van der Waals surface area contributed by atoms with Crippen LogP contribution in [-0.4, -0.2) is 26.8 Å². The molecule has 0 fully saturated rings. The van der Waals surface area contributed by atoms with E-state index in [2.05, 4.69) is 39.1 Å². The summed E-state index contributed by atoms with van der Waals surface area (Å²) in [5, 5.41) is 3.34. The van der Waals surface area contributed by atoms with Gasteiger partial charge in [0.2, 0.25) is 0 Å². The fourth-order valence-corrected chi connectivity index (χ4v) is 1.39. The molecule has 1 N–H and O–H groups in total. The first-order valence-electron chi connectivity index (χ1n) is 6.31. The molecule has 0 amide bonds. The topological polar surface area (TPSA) is 21.3 Å². The maximum absolute atomic E-state index is 4.97. The second-order valence-corrected chi connectivity index (χ2v) is 5.64. The van der Waals surface area contributed by atoms with Crippen molar-refractivity contribution in [2.75, 3.05) is 26.8 Å². The molecule has 0 aromatic rings. The van der Waals surface area contributed by atoms with Crippen molar-refractivity contribution < 1.29 is 4.74 Å². The molecule has 0 saturated carbocycles. The van der Waals surface area contributed by atoms with E-state index in [1.165, 1.54) is 18.4 Å². The van der Waals surface area contributed by atoms with Crippen molar-refractivity contribution in [3.63, 3.8) is 0 Å². The Hall–Kier alpha value is -0.340. The van der Waals surface area contributed by atoms with Crippen molar-refractivity contribution in [2.45, 2.75) is 47.0 Å². The summed E-state index contributed by atoms with van der Waals surface area (Å²) in [7, 11) is 1.73. The van der Waals surface area contributed by atoms with Crippen molar-refractivity contribution in [3.05, 3.63) is 11.6 Å². The summed E-state index contributed by atoms with van der Waals surface area (Å²) in [4.78, 5) is 0. The van der Waals surface area contributed by atoms with Crippen LogP contribution >= 0.6 is 0 Å². The van der Waals surface area contributed by atoms with Crippen LogP contribution in [0.15, 0.2) is 11.6 Å². The summed E-state index contributed by atoms with van der Waals surface area (Å²) in [6.45, 7) is 11.9. The largest absolute Gasteiger partial charge is 0.383 e. The number of methoxy groups -OCH3 is 1. The summed E-state index contributed by atoms with van der Waals surface area (Å²) in [6.07, 6.45) is 5.97. The normalized spacial score (nSPS) is 13.2. The van der Waals surface area contributed by atoms with Crippen LogP contribution in [-0.2, 0) is 4.74 Å². The minimum Gasteiger partial charge on any atom is -0.383 e. The molecule has 0 unspecified atom stereocenters. The Labute approximate surface area is 101 Å². The third-order valence-corrected chi connectivity index (χ3v) is 2.57. The Morgan fingerprint density at radius 3 is 2.50 bits per heavy atom. The first-order valence-corrected chi connectivity index (χ1v) is 6.31. The van der Waals surface area contributed by atoms with Gasteiger partial charge in [-0.2, -0.15) is 0 Å². The van der Waals surface area contributed by atoms with Gasteiger partial charge in [0.25, 0.3) is 0 Å². The summed E-state index contributed by atoms with van der Waals surface area (Å²) >= 11 is 0. The van der Waals surface area contributed by atoms with Crippen molar-refractivity contribution in [1.82, 2.24) is 5.32 Å². The quantitative estimate of drug-likeness (QED) is 0.507. The standard InChI is InChI=1S/C14H29NO/c1-13(8-9-14(2,3)4)7-6-10-15-11-12-16-5/h7,15H,6,8-12H2,1-5H3. The van der Waals surface area contributed by atoms with Crippen LogP contribution in [0.4, 0.5) is 0 Å². The van der Waals surface area contributed by atoms with E-state index < -0.39 is 0 Å². The summed E-state index contributed by atoms with van der Waals surface area (Å²) < 4.78 is 4.97.